The van der Waals surface area contributed by atoms with Crippen LogP contribution in [-0.2, 0) is 24.9 Å². The molecule has 0 radical (unpaired) electrons. The van der Waals surface area contributed by atoms with Crippen LogP contribution < -0.4 is 9.50 Å². The molecule has 1 unspecified atom stereocenters. The molecule has 162 valence electrons. The molecular weight excluding hydrogens is 432 g/mol. The topological polar surface area (TPSA) is 130 Å². The van der Waals surface area contributed by atoms with Crippen LogP contribution in [0.25, 0.3) is 0 Å². The van der Waals surface area contributed by atoms with Crippen molar-refractivity contribution >= 4 is 25.9 Å². The van der Waals surface area contributed by atoms with E-state index in [-0.39, 0.29) is 30.4 Å². The largest absolute Gasteiger partial charge is 0.508 e. The first-order chi connectivity index (χ1) is 14.0. The Morgan fingerprint density at radius 1 is 1.13 bits per heavy atom. The minimum absolute atomic E-state index is 0.0214. The predicted molar refractivity (Wildman–Crippen MR) is 108 cm³/mol. The summed E-state index contributed by atoms with van der Waals surface area (Å²) in [7, 11) is -8.87. The number of rotatable bonds is 6. The van der Waals surface area contributed by atoms with Crippen molar-refractivity contribution in [2.75, 3.05) is 19.6 Å². The van der Waals surface area contributed by atoms with E-state index in [1.165, 1.54) is 37.3 Å². The fourth-order valence-corrected chi connectivity index (χ4v) is 6.60. The van der Waals surface area contributed by atoms with Gasteiger partial charge in [-0.25, -0.2) is 8.42 Å². The van der Waals surface area contributed by atoms with Gasteiger partial charge < -0.3 is 14.6 Å². The smallest absolute Gasteiger partial charge is 0.340 e. The van der Waals surface area contributed by atoms with E-state index in [1.807, 2.05) is 0 Å². The quantitative estimate of drug-likeness (QED) is 0.619. The molecule has 0 aromatic heterocycles. The molecule has 1 heterocycles. The molecule has 0 aliphatic carbocycles. The molecule has 30 heavy (non-hydrogen) atoms. The van der Waals surface area contributed by atoms with Gasteiger partial charge in [0.2, 0.25) is 10.0 Å². The van der Waals surface area contributed by atoms with E-state index in [9.17, 15) is 26.7 Å². The van der Waals surface area contributed by atoms with Crippen LogP contribution in [0.5, 0.6) is 11.5 Å². The van der Waals surface area contributed by atoms with Crippen molar-refractivity contribution in [1.29, 1.82) is 0 Å². The third-order valence-corrected chi connectivity index (χ3v) is 8.01. The molecule has 0 spiro atoms. The number of benzene rings is 2. The van der Waals surface area contributed by atoms with Gasteiger partial charge in [0.25, 0.3) is 0 Å². The lowest BCUT2D eigenvalue weighted by molar-refractivity contribution is -0.120. The van der Waals surface area contributed by atoms with Gasteiger partial charge in [-0.05, 0) is 43.7 Å². The number of nitrogens with one attached hydrogen (secondary N) is 1. The summed E-state index contributed by atoms with van der Waals surface area (Å²) in [6.07, 6.45) is 0. The fourth-order valence-electron chi connectivity index (χ4n) is 3.26. The molecule has 2 aromatic rings. The molecule has 0 bridgehead atoms. The minimum Gasteiger partial charge on any atom is -0.508 e. The van der Waals surface area contributed by atoms with Gasteiger partial charge in [-0.1, -0.05) is 12.1 Å². The van der Waals surface area contributed by atoms with Crippen molar-refractivity contribution in [2.24, 2.45) is 0 Å². The summed E-state index contributed by atoms with van der Waals surface area (Å²) >= 11 is 0. The molecular formula is C19H22N2O7S2. The summed E-state index contributed by atoms with van der Waals surface area (Å²) in [5.74, 6) is -0.688. The maximum Gasteiger partial charge on any atom is 0.340 e. The van der Waals surface area contributed by atoms with Gasteiger partial charge in [0.1, 0.15) is 27.1 Å². The average Bonchev–Trinajstić information content (AvgIpc) is 2.66. The number of hydrogen-bond donors (Lipinski definition) is 2. The highest BCUT2D eigenvalue weighted by Gasteiger charge is 2.39. The van der Waals surface area contributed by atoms with Crippen LogP contribution in [0.1, 0.15) is 12.5 Å². The van der Waals surface area contributed by atoms with E-state index < -0.39 is 36.0 Å². The Labute approximate surface area is 175 Å². The number of piperazine rings is 1. The van der Waals surface area contributed by atoms with Crippen LogP contribution in [0.2, 0.25) is 0 Å². The number of nitrogens with zero attached hydrogens (tertiary/aromatic N) is 1. The van der Waals surface area contributed by atoms with Gasteiger partial charge in [-0.3, -0.25) is 4.79 Å². The van der Waals surface area contributed by atoms with Crippen LogP contribution in [0.4, 0.5) is 0 Å². The number of carbonyl (C=O) groups excluding carboxylic acids is 1. The third-order valence-electron chi connectivity index (χ3n) is 4.61. The second-order valence-electron chi connectivity index (χ2n) is 6.93. The number of carbonyl (C=O) groups is 1. The maximum absolute atomic E-state index is 13.3. The lowest BCUT2D eigenvalue weighted by atomic mass is 10.2. The van der Waals surface area contributed by atoms with Gasteiger partial charge in [0.05, 0.1) is 6.04 Å². The molecule has 1 atom stereocenters. The Kier molecular flexibility index (Phi) is 6.18. The number of ketones is 1. The van der Waals surface area contributed by atoms with E-state index in [0.29, 0.717) is 12.1 Å². The maximum atomic E-state index is 13.3. The van der Waals surface area contributed by atoms with Crippen molar-refractivity contribution in [2.45, 2.75) is 29.7 Å². The van der Waals surface area contributed by atoms with E-state index >= 15 is 0 Å². The van der Waals surface area contributed by atoms with Gasteiger partial charge in [0, 0.05) is 25.7 Å². The van der Waals surface area contributed by atoms with Crippen molar-refractivity contribution in [1.82, 2.24) is 9.62 Å². The second kappa shape index (κ2) is 8.34. The first-order valence-corrected chi connectivity index (χ1v) is 11.9. The zero-order valence-corrected chi connectivity index (χ0v) is 18.0. The molecule has 1 aliphatic heterocycles. The van der Waals surface area contributed by atoms with Gasteiger partial charge >= 0.3 is 10.1 Å². The molecule has 1 saturated heterocycles. The van der Waals surface area contributed by atoms with Crippen molar-refractivity contribution in [3.8, 4) is 11.5 Å². The number of sulfonamides is 1. The number of aryl methyl sites for hydroxylation is 1. The monoisotopic (exact) mass is 454 g/mol. The number of aromatic hydroxyl groups is 1. The molecule has 11 heteroatoms. The van der Waals surface area contributed by atoms with Crippen LogP contribution >= 0.6 is 0 Å². The van der Waals surface area contributed by atoms with Crippen LogP contribution in [0.15, 0.2) is 52.3 Å². The van der Waals surface area contributed by atoms with Crippen LogP contribution in [0, 0.1) is 6.92 Å². The zero-order chi connectivity index (χ0) is 22.1. The molecule has 1 fully saturated rings. The molecule has 0 saturated carbocycles. The number of Topliss-reactive ketones (excluding diaryl/α,β-unsaturated/α-hetero) is 1. The fraction of sp³-hybridized carbons (Fsp3) is 0.316. The third kappa shape index (κ3) is 4.48. The van der Waals surface area contributed by atoms with Crippen molar-refractivity contribution in [3.05, 3.63) is 48.0 Å². The van der Waals surface area contributed by atoms with E-state index in [1.54, 1.807) is 6.92 Å². The zero-order valence-electron chi connectivity index (χ0n) is 16.4. The summed E-state index contributed by atoms with van der Waals surface area (Å²) in [6.45, 7) is 3.42. The molecule has 9 nitrogen and oxygen atoms in total. The molecule has 2 aromatic carbocycles. The van der Waals surface area contributed by atoms with E-state index in [2.05, 4.69) is 5.32 Å². The molecule has 3 rings (SSSR count). The SMILES string of the molecule is CC(=O)C1CNCCN1S(=O)(=O)c1ccccc1S(=O)(=O)Oc1cc(C)cc(O)c1. The Bertz CT molecular complexity index is 1160. The average molecular weight is 455 g/mol. The lowest BCUT2D eigenvalue weighted by Gasteiger charge is -2.33. The highest BCUT2D eigenvalue weighted by molar-refractivity contribution is 7.91. The second-order valence-corrected chi connectivity index (χ2v) is 10.3. The molecule has 1 aliphatic rings. The Morgan fingerprint density at radius 3 is 2.43 bits per heavy atom. The molecule has 0 amide bonds. The summed E-state index contributed by atoms with van der Waals surface area (Å²) in [6, 6.07) is 8.07. The highest BCUT2D eigenvalue weighted by atomic mass is 32.2. The van der Waals surface area contributed by atoms with Crippen molar-refractivity contribution < 1.29 is 30.9 Å². The molecule has 2 N–H and O–H groups in total. The Balaban J connectivity index is 2.05. The number of phenols is 1. The van der Waals surface area contributed by atoms with E-state index in [0.717, 1.165) is 16.4 Å². The summed E-state index contributed by atoms with van der Waals surface area (Å²) in [5, 5.41) is 12.6. The summed E-state index contributed by atoms with van der Waals surface area (Å²) < 4.78 is 58.6. The number of hydrogen-bond acceptors (Lipinski definition) is 8. The van der Waals surface area contributed by atoms with Crippen molar-refractivity contribution in [3.63, 3.8) is 0 Å². The standard InChI is InChI=1S/C19H22N2O7S2/c1-13-9-15(23)11-16(10-13)28-30(26,27)19-6-4-3-5-18(19)29(24,25)21-8-7-20-12-17(21)14(2)22/h3-6,9-11,17,20,23H,7-8,12H2,1-2H3. The van der Waals surface area contributed by atoms with Gasteiger partial charge in [0.15, 0.2) is 0 Å². The summed E-state index contributed by atoms with van der Waals surface area (Å²) in [5.41, 5.74) is 0.561. The minimum atomic E-state index is -4.55. The van der Waals surface area contributed by atoms with E-state index in [4.69, 9.17) is 4.18 Å². The first kappa shape index (κ1) is 22.2. The normalized spacial score (nSPS) is 18.1. The van der Waals surface area contributed by atoms with Gasteiger partial charge in [-0.15, -0.1) is 0 Å². The summed E-state index contributed by atoms with van der Waals surface area (Å²) in [4.78, 5) is 10.9. The lowest BCUT2D eigenvalue weighted by Crippen LogP contribution is -2.56. The highest BCUT2D eigenvalue weighted by Crippen LogP contribution is 2.30. The Hall–Kier alpha value is -2.47. The predicted octanol–water partition coefficient (Wildman–Crippen LogP) is 1.02. The van der Waals surface area contributed by atoms with Gasteiger partial charge in [-0.2, -0.15) is 12.7 Å². The first-order valence-electron chi connectivity index (χ1n) is 9.09. The number of phenolic OH excluding ortho intramolecular Hbond substituents is 1. The van der Waals surface area contributed by atoms with Crippen LogP contribution in [-0.4, -0.2) is 57.7 Å². The Morgan fingerprint density at radius 2 is 1.80 bits per heavy atom. The van der Waals surface area contributed by atoms with Crippen LogP contribution in [0.3, 0.4) is 0 Å².